The highest BCUT2D eigenvalue weighted by Gasteiger charge is 1.98. The van der Waals surface area contributed by atoms with Gasteiger partial charge in [-0.3, -0.25) is 0 Å². The summed E-state index contributed by atoms with van der Waals surface area (Å²) < 4.78 is 1.18. The number of hydrogen-bond donors (Lipinski definition) is 1. The second kappa shape index (κ2) is 6.69. The lowest BCUT2D eigenvalue weighted by molar-refractivity contribution is 0.690. The average Bonchev–Trinajstić information content (AvgIpc) is 2.81. The van der Waals surface area contributed by atoms with Crippen molar-refractivity contribution in [3.05, 3.63) is 56.2 Å². The van der Waals surface area contributed by atoms with Crippen molar-refractivity contribution in [2.75, 3.05) is 6.54 Å². The molecular formula is C14H13BrN2S. The van der Waals surface area contributed by atoms with Crippen molar-refractivity contribution in [1.82, 2.24) is 5.32 Å². The Balaban J connectivity index is 1.77. The maximum atomic E-state index is 8.81. The molecule has 0 radical (unpaired) electrons. The number of benzene rings is 1. The van der Waals surface area contributed by atoms with E-state index in [9.17, 15) is 0 Å². The molecule has 18 heavy (non-hydrogen) atoms. The van der Waals surface area contributed by atoms with Crippen LogP contribution >= 0.6 is 27.3 Å². The molecule has 1 aromatic carbocycles. The zero-order valence-corrected chi connectivity index (χ0v) is 12.2. The Morgan fingerprint density at radius 3 is 2.89 bits per heavy atom. The van der Waals surface area contributed by atoms with E-state index in [0.717, 1.165) is 30.6 Å². The minimum Gasteiger partial charge on any atom is -0.312 e. The van der Waals surface area contributed by atoms with Gasteiger partial charge in [0.1, 0.15) is 0 Å². The summed E-state index contributed by atoms with van der Waals surface area (Å²) in [5.41, 5.74) is 1.87. The molecule has 0 bridgehead atoms. The van der Waals surface area contributed by atoms with Crippen molar-refractivity contribution >= 4 is 27.3 Å². The largest absolute Gasteiger partial charge is 0.312 e. The highest BCUT2D eigenvalue weighted by Crippen LogP contribution is 2.22. The van der Waals surface area contributed by atoms with Crippen molar-refractivity contribution in [3.8, 4) is 6.07 Å². The lowest BCUT2D eigenvalue weighted by atomic mass is 10.1. The topological polar surface area (TPSA) is 35.8 Å². The van der Waals surface area contributed by atoms with Crippen molar-refractivity contribution in [3.63, 3.8) is 0 Å². The molecule has 0 amide bonds. The Hall–Kier alpha value is -1.15. The Morgan fingerprint density at radius 1 is 1.28 bits per heavy atom. The van der Waals surface area contributed by atoms with E-state index in [-0.39, 0.29) is 0 Å². The summed E-state index contributed by atoms with van der Waals surface area (Å²) in [4.78, 5) is 1.38. The maximum Gasteiger partial charge on any atom is 0.0991 e. The number of nitriles is 1. The second-order valence-corrected chi connectivity index (χ2v) is 6.49. The molecule has 0 atom stereocenters. The molecule has 2 nitrogen and oxygen atoms in total. The monoisotopic (exact) mass is 320 g/mol. The summed E-state index contributed by atoms with van der Waals surface area (Å²) in [6.45, 7) is 1.76. The average molecular weight is 321 g/mol. The molecule has 1 N–H and O–H groups in total. The van der Waals surface area contributed by atoms with Gasteiger partial charge in [-0.2, -0.15) is 5.26 Å². The Morgan fingerprint density at radius 2 is 2.17 bits per heavy atom. The predicted octanol–water partition coefficient (Wildman–Crippen LogP) is 3.71. The van der Waals surface area contributed by atoms with Crippen molar-refractivity contribution in [2.24, 2.45) is 0 Å². The van der Waals surface area contributed by atoms with Crippen LogP contribution in [0.25, 0.3) is 0 Å². The molecule has 1 heterocycles. The van der Waals surface area contributed by atoms with Gasteiger partial charge in [-0.15, -0.1) is 11.3 Å². The smallest absolute Gasteiger partial charge is 0.0991 e. The van der Waals surface area contributed by atoms with Crippen LogP contribution in [0, 0.1) is 11.3 Å². The Kier molecular flexibility index (Phi) is 4.94. The number of hydrogen-bond acceptors (Lipinski definition) is 3. The zero-order chi connectivity index (χ0) is 12.8. The van der Waals surface area contributed by atoms with E-state index in [2.05, 4.69) is 39.4 Å². The molecule has 2 rings (SSSR count). The van der Waals surface area contributed by atoms with Gasteiger partial charge in [-0.25, -0.2) is 0 Å². The first-order valence-electron chi connectivity index (χ1n) is 5.72. The summed E-state index contributed by atoms with van der Waals surface area (Å²) in [6.07, 6.45) is 1.04. The molecule has 0 saturated carbocycles. The molecule has 0 fully saturated rings. The van der Waals surface area contributed by atoms with Gasteiger partial charge in [0.15, 0.2) is 0 Å². The first-order valence-corrected chi connectivity index (χ1v) is 7.33. The molecule has 0 saturated heterocycles. The number of nitrogens with one attached hydrogen (secondary N) is 1. The van der Waals surface area contributed by atoms with Gasteiger partial charge in [-0.05, 0) is 52.2 Å². The van der Waals surface area contributed by atoms with E-state index in [1.807, 2.05) is 24.3 Å². The molecule has 0 unspecified atom stereocenters. The van der Waals surface area contributed by atoms with Crippen LogP contribution in [-0.2, 0) is 13.0 Å². The van der Waals surface area contributed by atoms with Gasteiger partial charge < -0.3 is 5.32 Å². The van der Waals surface area contributed by atoms with Crippen LogP contribution in [0.5, 0.6) is 0 Å². The minimum absolute atomic E-state index is 0.719. The predicted molar refractivity (Wildman–Crippen MR) is 78.6 cm³/mol. The summed E-state index contributed by atoms with van der Waals surface area (Å²) in [6, 6.07) is 14.1. The fourth-order valence-corrected chi connectivity index (χ4v) is 3.16. The van der Waals surface area contributed by atoms with Gasteiger partial charge in [0.05, 0.1) is 15.4 Å². The first kappa shape index (κ1) is 13.3. The van der Waals surface area contributed by atoms with E-state index in [4.69, 9.17) is 5.26 Å². The summed E-state index contributed by atoms with van der Waals surface area (Å²) in [5, 5.41) is 12.2. The third kappa shape index (κ3) is 3.95. The minimum atomic E-state index is 0.719. The van der Waals surface area contributed by atoms with Gasteiger partial charge in [-0.1, -0.05) is 12.1 Å². The van der Waals surface area contributed by atoms with Crippen molar-refractivity contribution in [1.29, 1.82) is 5.26 Å². The second-order valence-electron chi connectivity index (χ2n) is 3.94. The standard InChI is InChI=1S/C14H13BrN2S/c15-14-5-4-13(18-14)6-7-17-10-12-3-1-2-11(8-12)9-16/h1-5,8,17H,6-7,10H2. The van der Waals surface area contributed by atoms with Crippen LogP contribution in [0.1, 0.15) is 16.0 Å². The fourth-order valence-electron chi connectivity index (χ4n) is 1.68. The number of nitrogens with zero attached hydrogens (tertiary/aromatic N) is 1. The first-order chi connectivity index (χ1) is 8.78. The van der Waals surface area contributed by atoms with Crippen LogP contribution in [0.3, 0.4) is 0 Å². The molecule has 0 spiro atoms. The zero-order valence-electron chi connectivity index (χ0n) is 9.82. The van der Waals surface area contributed by atoms with Gasteiger partial charge >= 0.3 is 0 Å². The Labute approximate surface area is 119 Å². The van der Waals surface area contributed by atoms with E-state index < -0.39 is 0 Å². The van der Waals surface area contributed by atoms with Crippen LogP contribution in [0.15, 0.2) is 40.2 Å². The summed E-state index contributed by atoms with van der Waals surface area (Å²) in [7, 11) is 0. The molecule has 4 heteroatoms. The maximum absolute atomic E-state index is 8.81. The van der Waals surface area contributed by atoms with Gasteiger partial charge in [0.2, 0.25) is 0 Å². The quantitative estimate of drug-likeness (QED) is 0.852. The van der Waals surface area contributed by atoms with Crippen molar-refractivity contribution < 1.29 is 0 Å². The van der Waals surface area contributed by atoms with E-state index in [0.29, 0.717) is 0 Å². The summed E-state index contributed by atoms with van der Waals surface area (Å²) in [5.74, 6) is 0. The van der Waals surface area contributed by atoms with E-state index >= 15 is 0 Å². The fraction of sp³-hybridized carbons (Fsp3) is 0.214. The molecule has 0 aliphatic rings. The van der Waals surface area contributed by atoms with E-state index in [1.165, 1.54) is 8.66 Å². The number of thiophene rings is 1. The number of rotatable bonds is 5. The lowest BCUT2D eigenvalue weighted by Crippen LogP contribution is -2.16. The normalized spacial score (nSPS) is 10.2. The van der Waals surface area contributed by atoms with Crippen LogP contribution in [0.4, 0.5) is 0 Å². The molecule has 2 aromatic rings. The molecule has 0 aliphatic heterocycles. The Bertz CT molecular complexity index is 557. The summed E-state index contributed by atoms with van der Waals surface area (Å²) >= 11 is 5.23. The lowest BCUT2D eigenvalue weighted by Gasteiger charge is -2.04. The van der Waals surface area contributed by atoms with Crippen LogP contribution in [-0.4, -0.2) is 6.54 Å². The van der Waals surface area contributed by atoms with E-state index in [1.54, 1.807) is 11.3 Å². The molecule has 0 aliphatic carbocycles. The third-order valence-corrected chi connectivity index (χ3v) is 4.25. The highest BCUT2D eigenvalue weighted by atomic mass is 79.9. The van der Waals surface area contributed by atoms with Gasteiger partial charge in [0, 0.05) is 18.0 Å². The molecular weight excluding hydrogens is 308 g/mol. The van der Waals surface area contributed by atoms with Gasteiger partial charge in [0.25, 0.3) is 0 Å². The highest BCUT2D eigenvalue weighted by molar-refractivity contribution is 9.11. The molecule has 92 valence electrons. The van der Waals surface area contributed by atoms with Crippen LogP contribution in [0.2, 0.25) is 0 Å². The SMILES string of the molecule is N#Cc1cccc(CNCCc2ccc(Br)s2)c1. The van der Waals surface area contributed by atoms with Crippen molar-refractivity contribution in [2.45, 2.75) is 13.0 Å². The molecule has 1 aromatic heterocycles. The number of halogens is 1. The van der Waals surface area contributed by atoms with Crippen LogP contribution < -0.4 is 5.32 Å². The third-order valence-electron chi connectivity index (χ3n) is 2.56.